The van der Waals surface area contributed by atoms with Crippen LogP contribution in [0.25, 0.3) is 0 Å². The largest absolute Gasteiger partial charge is 3.00 e. The minimum Gasteiger partial charge on any atom is -1.00 e. The standard InChI is InChI=1S/C16H16N2O10S2.ClH.Mn/c19-13-5-11(29(23,24)25)3-9(15(13)21)7-17-1-2-18-8-10-4-12(30(26,27)28)6-14(20)16(10)22;;/h3-8,19-22H,1-2H2,(H,23,24,25)(H,26,27,28);1H;/q;;+3/p-3. The molecular weight excluding hydrogens is 535 g/mol. The van der Waals surface area contributed by atoms with Crippen LogP contribution < -0.4 is 12.4 Å². The van der Waals surface area contributed by atoms with E-state index < -0.39 is 53.0 Å². The Morgan fingerprint density at radius 2 is 1.03 bits per heavy atom. The van der Waals surface area contributed by atoms with Crippen LogP contribution in [0.5, 0.6) is 23.0 Å². The van der Waals surface area contributed by atoms with E-state index >= 15 is 0 Å². The molecule has 0 aliphatic rings. The van der Waals surface area contributed by atoms with Gasteiger partial charge in [-0.3, -0.25) is 9.98 Å². The van der Waals surface area contributed by atoms with Crippen LogP contribution in [0.4, 0.5) is 0 Å². The van der Waals surface area contributed by atoms with Crippen molar-refractivity contribution in [2.24, 2.45) is 9.98 Å². The van der Waals surface area contributed by atoms with Gasteiger partial charge in [-0.25, -0.2) is 16.8 Å². The Kier molecular flexibility index (Phi) is 10.6. The van der Waals surface area contributed by atoms with Gasteiger partial charge in [0.2, 0.25) is 0 Å². The molecule has 12 nitrogen and oxygen atoms in total. The van der Waals surface area contributed by atoms with E-state index in [0.29, 0.717) is 12.1 Å². The molecule has 0 radical (unpaired) electrons. The molecule has 0 fully saturated rings. The Hall–Kier alpha value is -2.39. The fraction of sp³-hybridized carbons (Fsp3) is 0.125. The maximum Gasteiger partial charge on any atom is 3.00 e. The van der Waals surface area contributed by atoms with Gasteiger partial charge in [0.15, 0.2) is 23.0 Å². The molecule has 0 heterocycles. The topological polar surface area (TPSA) is 220 Å². The normalized spacial score (nSPS) is 11.9. The zero-order valence-electron chi connectivity index (χ0n) is 15.6. The molecule has 0 bridgehead atoms. The van der Waals surface area contributed by atoms with Crippen LogP contribution in [0.3, 0.4) is 0 Å². The third kappa shape index (κ3) is 7.63. The molecule has 0 saturated carbocycles. The van der Waals surface area contributed by atoms with Gasteiger partial charge in [0.25, 0.3) is 0 Å². The first-order valence-corrected chi connectivity index (χ1v) is 10.7. The summed E-state index contributed by atoms with van der Waals surface area (Å²) in [4.78, 5) is 6.13. The monoisotopic (exact) mass is 548 g/mol. The van der Waals surface area contributed by atoms with Gasteiger partial charge in [-0.2, -0.15) is 0 Å². The summed E-state index contributed by atoms with van der Waals surface area (Å²) in [5.74, 6) is -3.03. The van der Waals surface area contributed by atoms with E-state index in [9.17, 15) is 46.4 Å². The molecule has 174 valence electrons. The fourth-order valence-corrected chi connectivity index (χ4v) is 3.21. The number of aromatic hydroxyl groups is 4. The van der Waals surface area contributed by atoms with E-state index in [1.807, 2.05) is 0 Å². The van der Waals surface area contributed by atoms with Crippen molar-refractivity contribution in [1.29, 1.82) is 0 Å². The molecule has 4 N–H and O–H groups in total. The predicted octanol–water partition coefficient (Wildman–Crippen LogP) is -3.14. The van der Waals surface area contributed by atoms with Crippen LogP contribution in [-0.4, -0.2) is 71.9 Å². The van der Waals surface area contributed by atoms with Crippen molar-refractivity contribution in [3.63, 3.8) is 0 Å². The van der Waals surface area contributed by atoms with Crippen molar-refractivity contribution < 1.29 is 75.8 Å². The molecule has 0 atom stereocenters. The van der Waals surface area contributed by atoms with Crippen molar-refractivity contribution in [3.05, 3.63) is 35.4 Å². The molecule has 0 amide bonds. The fourth-order valence-electron chi connectivity index (χ4n) is 2.16. The number of rotatable bonds is 7. The first-order chi connectivity index (χ1) is 13.8. The molecule has 2 rings (SSSR count). The summed E-state index contributed by atoms with van der Waals surface area (Å²) >= 11 is 0. The van der Waals surface area contributed by atoms with Gasteiger partial charge in [-0.05, 0) is 12.1 Å². The molecule has 32 heavy (non-hydrogen) atoms. The van der Waals surface area contributed by atoms with Crippen molar-refractivity contribution in [2.75, 3.05) is 13.1 Å². The minimum absolute atomic E-state index is 0. The molecule has 0 unspecified atom stereocenters. The average Bonchev–Trinajstić information content (AvgIpc) is 2.62. The number of benzene rings is 2. The van der Waals surface area contributed by atoms with Crippen LogP contribution in [0.1, 0.15) is 11.1 Å². The molecule has 0 aliphatic heterocycles. The molecular formula is C16H14ClMnN2O10S2. The molecule has 16 heteroatoms. The van der Waals surface area contributed by atoms with E-state index in [1.54, 1.807) is 0 Å². The van der Waals surface area contributed by atoms with Gasteiger partial charge in [0.1, 0.15) is 20.2 Å². The number of nitrogens with zero attached hydrogens (tertiary/aromatic N) is 2. The smallest absolute Gasteiger partial charge is 1.00 e. The summed E-state index contributed by atoms with van der Waals surface area (Å²) in [5, 5.41) is 38.4. The van der Waals surface area contributed by atoms with Crippen LogP contribution in [0.2, 0.25) is 0 Å². The number of aliphatic imine (C=N–C) groups is 2. The molecule has 0 spiro atoms. The number of hydrogen-bond acceptors (Lipinski definition) is 12. The Morgan fingerprint density at radius 1 is 0.719 bits per heavy atom. The first kappa shape index (κ1) is 29.6. The maximum atomic E-state index is 11.0. The van der Waals surface area contributed by atoms with E-state index in [2.05, 4.69) is 9.98 Å². The van der Waals surface area contributed by atoms with Crippen molar-refractivity contribution in [1.82, 2.24) is 0 Å². The summed E-state index contributed by atoms with van der Waals surface area (Å²) in [6.07, 6.45) is 1.99. The average molecular weight is 549 g/mol. The Balaban J connectivity index is 0.00000480. The first-order valence-electron chi connectivity index (χ1n) is 7.84. The van der Waals surface area contributed by atoms with Crippen molar-refractivity contribution in [3.8, 4) is 23.0 Å². The Bertz CT molecular complexity index is 1150. The number of phenolic OH excluding ortho intramolecular Hbond substituents is 4. The Morgan fingerprint density at radius 3 is 1.31 bits per heavy atom. The second-order valence-corrected chi connectivity index (χ2v) is 8.50. The molecule has 0 aromatic heterocycles. The van der Waals surface area contributed by atoms with Gasteiger partial charge in [0, 0.05) is 35.7 Å². The van der Waals surface area contributed by atoms with E-state index in [1.165, 1.54) is 0 Å². The van der Waals surface area contributed by atoms with Gasteiger partial charge < -0.3 is 41.9 Å². The number of halogens is 1. The Labute approximate surface area is 199 Å². The summed E-state index contributed by atoms with van der Waals surface area (Å²) in [6, 6.07) is 2.83. The zero-order chi connectivity index (χ0) is 22.7. The number of phenols is 4. The van der Waals surface area contributed by atoms with Crippen LogP contribution >= 0.6 is 0 Å². The number of hydrogen-bond donors (Lipinski definition) is 4. The van der Waals surface area contributed by atoms with Gasteiger partial charge in [-0.1, -0.05) is 0 Å². The van der Waals surface area contributed by atoms with Gasteiger partial charge >= 0.3 is 17.1 Å². The minimum atomic E-state index is -4.87. The van der Waals surface area contributed by atoms with E-state index in [4.69, 9.17) is 0 Å². The third-order valence-electron chi connectivity index (χ3n) is 3.58. The van der Waals surface area contributed by atoms with E-state index in [-0.39, 0.29) is 53.7 Å². The molecule has 0 aliphatic carbocycles. The SMILES string of the molecule is O=S(=O)([O-])c1cc(O)c(O)c(C=NCCN=Cc2cc(S(=O)(=O)[O-])cc(O)c2O)c1.[Cl-].[Mn+3]. The van der Waals surface area contributed by atoms with Crippen LogP contribution in [0, 0.1) is 0 Å². The quantitative estimate of drug-likeness (QED) is 0.0894. The van der Waals surface area contributed by atoms with Gasteiger partial charge in [0.05, 0.1) is 22.9 Å². The molecule has 0 saturated heterocycles. The zero-order valence-corrected chi connectivity index (χ0v) is 19.2. The molecule has 2 aromatic rings. The summed E-state index contributed by atoms with van der Waals surface area (Å²) in [7, 11) is -9.74. The van der Waals surface area contributed by atoms with Crippen LogP contribution in [-0.2, 0) is 37.3 Å². The van der Waals surface area contributed by atoms with Crippen molar-refractivity contribution >= 4 is 32.7 Å². The summed E-state index contributed by atoms with van der Waals surface area (Å²) in [5.41, 5.74) is -0.464. The summed E-state index contributed by atoms with van der Waals surface area (Å²) in [6.45, 7) is -0.0886. The summed E-state index contributed by atoms with van der Waals surface area (Å²) < 4.78 is 66.2. The molecule has 2 aromatic carbocycles. The van der Waals surface area contributed by atoms with Gasteiger partial charge in [-0.15, -0.1) is 0 Å². The third-order valence-corrected chi connectivity index (χ3v) is 5.21. The maximum absolute atomic E-state index is 11.0. The van der Waals surface area contributed by atoms with E-state index in [0.717, 1.165) is 24.6 Å². The second-order valence-electron chi connectivity index (χ2n) is 5.74. The van der Waals surface area contributed by atoms with Crippen molar-refractivity contribution in [2.45, 2.75) is 9.79 Å². The predicted molar refractivity (Wildman–Crippen MR) is 100 cm³/mol. The second kappa shape index (κ2) is 11.5. The van der Waals surface area contributed by atoms with Crippen LogP contribution in [0.15, 0.2) is 44.0 Å².